The summed E-state index contributed by atoms with van der Waals surface area (Å²) in [6, 6.07) is 13.7. The van der Waals surface area contributed by atoms with Gasteiger partial charge in [0.2, 0.25) is 0 Å². The normalized spacial score (nSPS) is 11.2. The summed E-state index contributed by atoms with van der Waals surface area (Å²) in [5.74, 6) is -0.749. The lowest BCUT2D eigenvalue weighted by atomic mass is 10.1. The number of halogens is 5. The van der Waals surface area contributed by atoms with Crippen molar-refractivity contribution < 1.29 is 27.5 Å². The predicted molar refractivity (Wildman–Crippen MR) is 138 cm³/mol. The number of alkyl halides is 3. The predicted octanol–water partition coefficient (Wildman–Crippen LogP) is 7.55. The van der Waals surface area contributed by atoms with Gasteiger partial charge in [0.05, 0.1) is 14.7 Å². The van der Waals surface area contributed by atoms with Crippen molar-refractivity contribution >= 4 is 74.5 Å². The smallest absolute Gasteiger partial charge is 0.416 e. The molecule has 10 heteroatoms. The molecule has 0 saturated carbocycles. The number of benzene rings is 3. The second-order valence-corrected chi connectivity index (χ2v) is 10.4. The number of anilines is 1. The molecule has 0 aliphatic heterocycles. The van der Waals surface area contributed by atoms with Gasteiger partial charge in [-0.15, -0.1) is 0 Å². The zero-order valence-corrected chi connectivity index (χ0v) is 22.4. The van der Waals surface area contributed by atoms with Crippen molar-refractivity contribution in [2.45, 2.75) is 29.8 Å². The number of carbonyl (C=O) groups excluding carboxylic acids is 2. The Balaban J connectivity index is 1.78. The monoisotopic (exact) mass is 697 g/mol. The maximum atomic E-state index is 12.9. The van der Waals surface area contributed by atoms with Crippen molar-refractivity contribution in [1.82, 2.24) is 0 Å². The SMILES string of the molecule is CC(=O)Oc1c(I)cc(I)cc1C(=O)Nc1ccc(Sc2ccc(C(F)(F)F)cc2)c(C)c1. The van der Waals surface area contributed by atoms with Crippen LogP contribution in [0, 0.1) is 14.1 Å². The first-order chi connectivity index (χ1) is 15.4. The third-order valence-corrected chi connectivity index (χ3v) is 6.95. The molecule has 0 fully saturated rings. The first-order valence-electron chi connectivity index (χ1n) is 9.38. The summed E-state index contributed by atoms with van der Waals surface area (Å²) < 4.78 is 44.9. The highest BCUT2D eigenvalue weighted by atomic mass is 127. The van der Waals surface area contributed by atoms with E-state index in [4.69, 9.17) is 4.74 Å². The Morgan fingerprint density at radius 3 is 2.24 bits per heavy atom. The topological polar surface area (TPSA) is 55.4 Å². The molecule has 3 rings (SSSR count). The van der Waals surface area contributed by atoms with Gasteiger partial charge in [-0.25, -0.2) is 0 Å². The summed E-state index contributed by atoms with van der Waals surface area (Å²) in [6.45, 7) is 3.12. The van der Waals surface area contributed by atoms with Gasteiger partial charge in [0, 0.05) is 26.0 Å². The van der Waals surface area contributed by atoms with Gasteiger partial charge in [0.25, 0.3) is 5.91 Å². The van der Waals surface area contributed by atoms with E-state index in [1.54, 1.807) is 30.3 Å². The van der Waals surface area contributed by atoms with E-state index in [2.05, 4.69) is 27.9 Å². The molecular weight excluding hydrogens is 681 g/mol. The van der Waals surface area contributed by atoms with Crippen molar-refractivity contribution in [1.29, 1.82) is 0 Å². The number of ether oxygens (including phenoxy) is 1. The second-order valence-electron chi connectivity index (χ2n) is 6.92. The summed E-state index contributed by atoms with van der Waals surface area (Å²) in [5, 5.41) is 2.81. The van der Waals surface area contributed by atoms with Gasteiger partial charge < -0.3 is 10.1 Å². The Hall–Kier alpha value is -1.80. The van der Waals surface area contributed by atoms with Gasteiger partial charge in [-0.3, -0.25) is 9.59 Å². The molecule has 0 saturated heterocycles. The summed E-state index contributed by atoms with van der Waals surface area (Å²) >= 11 is 5.42. The molecule has 0 atom stereocenters. The Kier molecular flexibility index (Phi) is 8.32. The maximum absolute atomic E-state index is 12.9. The fraction of sp³-hybridized carbons (Fsp3) is 0.130. The quantitative estimate of drug-likeness (QED) is 0.170. The van der Waals surface area contributed by atoms with Crippen LogP contribution in [0.2, 0.25) is 0 Å². The molecule has 1 N–H and O–H groups in total. The van der Waals surface area contributed by atoms with Crippen LogP contribution in [0.3, 0.4) is 0 Å². The molecule has 0 radical (unpaired) electrons. The Morgan fingerprint density at radius 2 is 1.67 bits per heavy atom. The number of esters is 1. The summed E-state index contributed by atoms with van der Waals surface area (Å²) in [4.78, 5) is 25.9. The Labute approximate surface area is 220 Å². The van der Waals surface area contributed by atoms with Crippen LogP contribution in [0.1, 0.15) is 28.4 Å². The molecule has 3 aromatic rings. The molecule has 0 bridgehead atoms. The molecule has 0 spiro atoms. The van der Waals surface area contributed by atoms with Crippen LogP contribution in [0.15, 0.2) is 64.4 Å². The van der Waals surface area contributed by atoms with Gasteiger partial charge in [-0.2, -0.15) is 13.2 Å². The average molecular weight is 697 g/mol. The maximum Gasteiger partial charge on any atom is 0.416 e. The van der Waals surface area contributed by atoms with Gasteiger partial charge in [0.15, 0.2) is 5.75 Å². The largest absolute Gasteiger partial charge is 0.425 e. The first-order valence-corrected chi connectivity index (χ1v) is 12.4. The number of hydrogen-bond donors (Lipinski definition) is 1. The number of amides is 1. The molecule has 1 amide bonds. The van der Waals surface area contributed by atoms with E-state index in [0.717, 1.165) is 26.2 Å². The Bertz CT molecular complexity index is 1210. The lowest BCUT2D eigenvalue weighted by Crippen LogP contribution is -2.16. The lowest BCUT2D eigenvalue weighted by molar-refractivity contribution is -0.137. The minimum Gasteiger partial charge on any atom is -0.425 e. The van der Waals surface area contributed by atoms with E-state index in [1.165, 1.54) is 30.8 Å². The molecule has 172 valence electrons. The molecule has 0 unspecified atom stereocenters. The highest BCUT2D eigenvalue weighted by Gasteiger charge is 2.30. The van der Waals surface area contributed by atoms with E-state index < -0.39 is 23.6 Å². The van der Waals surface area contributed by atoms with Crippen LogP contribution < -0.4 is 10.1 Å². The summed E-state index contributed by atoms with van der Waals surface area (Å²) in [6.07, 6.45) is -4.37. The molecule has 0 aliphatic carbocycles. The summed E-state index contributed by atoms with van der Waals surface area (Å²) in [5.41, 5.74) is 0.925. The fourth-order valence-corrected chi connectivity index (χ4v) is 5.69. The third kappa shape index (κ3) is 6.85. The fourth-order valence-electron chi connectivity index (χ4n) is 2.86. The standard InChI is InChI=1S/C23H16F3I2NO3S/c1-12-9-16(5-8-20(12)33-17-6-3-14(4-7-17)23(24,25)26)29-22(31)18-10-15(27)11-19(28)21(18)32-13(2)30/h3-11H,1-2H3,(H,29,31). The highest BCUT2D eigenvalue weighted by Crippen LogP contribution is 2.35. The van der Waals surface area contributed by atoms with Crippen molar-refractivity contribution in [2.75, 3.05) is 5.32 Å². The van der Waals surface area contributed by atoms with Crippen LogP contribution in [-0.4, -0.2) is 11.9 Å². The minimum absolute atomic E-state index is 0.201. The van der Waals surface area contributed by atoms with Crippen LogP contribution in [0.4, 0.5) is 18.9 Å². The van der Waals surface area contributed by atoms with Crippen LogP contribution in [-0.2, 0) is 11.0 Å². The van der Waals surface area contributed by atoms with Crippen LogP contribution in [0.25, 0.3) is 0 Å². The molecule has 3 aromatic carbocycles. The number of nitrogens with one attached hydrogen (secondary N) is 1. The minimum atomic E-state index is -4.37. The number of rotatable bonds is 5. The molecule has 0 aromatic heterocycles. The molecule has 0 aliphatic rings. The van der Waals surface area contributed by atoms with Crippen molar-refractivity contribution in [2.24, 2.45) is 0 Å². The highest BCUT2D eigenvalue weighted by molar-refractivity contribution is 14.1. The number of carbonyl (C=O) groups is 2. The molecule has 4 nitrogen and oxygen atoms in total. The van der Waals surface area contributed by atoms with E-state index in [1.807, 2.05) is 29.5 Å². The average Bonchev–Trinajstić information content (AvgIpc) is 2.71. The van der Waals surface area contributed by atoms with E-state index >= 15 is 0 Å². The number of aryl methyl sites for hydroxylation is 1. The van der Waals surface area contributed by atoms with E-state index in [-0.39, 0.29) is 11.3 Å². The van der Waals surface area contributed by atoms with Gasteiger partial charge >= 0.3 is 12.1 Å². The Morgan fingerprint density at radius 1 is 1.00 bits per heavy atom. The van der Waals surface area contributed by atoms with Gasteiger partial charge in [-0.1, -0.05) is 11.8 Å². The lowest BCUT2D eigenvalue weighted by Gasteiger charge is -2.13. The van der Waals surface area contributed by atoms with Crippen LogP contribution in [0.5, 0.6) is 5.75 Å². The van der Waals surface area contributed by atoms with Crippen molar-refractivity contribution in [3.8, 4) is 5.75 Å². The molecular formula is C23H16F3I2NO3S. The molecule has 0 heterocycles. The van der Waals surface area contributed by atoms with Crippen LogP contribution >= 0.6 is 56.9 Å². The van der Waals surface area contributed by atoms with E-state index in [0.29, 0.717) is 14.2 Å². The third-order valence-electron chi connectivity index (χ3n) is 4.34. The molecule has 33 heavy (non-hydrogen) atoms. The second kappa shape index (κ2) is 10.6. The van der Waals surface area contributed by atoms with Crippen molar-refractivity contribution in [3.63, 3.8) is 0 Å². The summed E-state index contributed by atoms with van der Waals surface area (Å²) in [7, 11) is 0. The van der Waals surface area contributed by atoms with Gasteiger partial charge in [-0.05, 0) is 112 Å². The first kappa shape index (κ1) is 25.8. The van der Waals surface area contributed by atoms with Crippen molar-refractivity contribution in [3.05, 3.63) is 78.4 Å². The zero-order valence-electron chi connectivity index (χ0n) is 17.2. The number of hydrogen-bond acceptors (Lipinski definition) is 4. The van der Waals surface area contributed by atoms with E-state index in [9.17, 15) is 22.8 Å². The zero-order chi connectivity index (χ0) is 24.3. The van der Waals surface area contributed by atoms with Gasteiger partial charge in [0.1, 0.15) is 0 Å².